The van der Waals surface area contributed by atoms with Gasteiger partial charge in [-0.3, -0.25) is 4.98 Å². The fourth-order valence-corrected chi connectivity index (χ4v) is 6.60. The molecule has 44 heavy (non-hydrogen) atoms. The zero-order valence-corrected chi connectivity index (χ0v) is 23.8. The van der Waals surface area contributed by atoms with E-state index in [1.54, 1.807) is 0 Å². The average molecular weight is 563 g/mol. The van der Waals surface area contributed by atoms with Crippen LogP contribution >= 0.6 is 0 Å². The lowest BCUT2D eigenvalue weighted by atomic mass is 9.96. The van der Waals surface area contributed by atoms with Crippen molar-refractivity contribution < 1.29 is 4.42 Å². The molecule has 2 aromatic heterocycles. The van der Waals surface area contributed by atoms with Crippen molar-refractivity contribution in [3.63, 3.8) is 0 Å². The summed E-state index contributed by atoms with van der Waals surface area (Å²) in [6.07, 6.45) is 3.81. The minimum Gasteiger partial charge on any atom is -0.454 e. The van der Waals surface area contributed by atoms with Crippen molar-refractivity contribution in [3.05, 3.63) is 158 Å². The van der Waals surface area contributed by atoms with E-state index in [0.29, 0.717) is 0 Å². The van der Waals surface area contributed by atoms with Crippen LogP contribution < -0.4 is 4.90 Å². The summed E-state index contributed by atoms with van der Waals surface area (Å²) in [6.45, 7) is 0. The maximum Gasteiger partial charge on any atom is 0.162 e. The molecule has 0 aliphatic carbocycles. The number of furan rings is 1. The van der Waals surface area contributed by atoms with Crippen LogP contribution in [0.2, 0.25) is 0 Å². The van der Waals surface area contributed by atoms with Crippen LogP contribution in [-0.4, -0.2) is 4.98 Å². The quantitative estimate of drug-likeness (QED) is 0.200. The molecule has 9 aromatic rings. The van der Waals surface area contributed by atoms with Crippen molar-refractivity contribution in [2.24, 2.45) is 0 Å². The van der Waals surface area contributed by atoms with Crippen molar-refractivity contribution in [1.29, 1.82) is 0 Å². The molecular weight excluding hydrogens is 536 g/mol. The molecule has 7 aromatic carbocycles. The highest BCUT2D eigenvalue weighted by molar-refractivity contribution is 6.18. The van der Waals surface area contributed by atoms with Crippen LogP contribution in [0.3, 0.4) is 0 Å². The first kappa shape index (κ1) is 24.6. The summed E-state index contributed by atoms with van der Waals surface area (Å²) in [5.74, 6) is 0. The highest BCUT2D eigenvalue weighted by atomic mass is 16.3. The number of hydrogen-bond donors (Lipinski definition) is 0. The van der Waals surface area contributed by atoms with Crippen LogP contribution in [0.15, 0.2) is 162 Å². The normalized spacial score (nSPS) is 11.6. The fraction of sp³-hybridized carbons (Fsp3) is 0. The van der Waals surface area contributed by atoms with E-state index in [0.717, 1.165) is 39.0 Å². The Kier molecular flexibility index (Phi) is 5.50. The summed E-state index contributed by atoms with van der Waals surface area (Å²) in [7, 11) is 0. The van der Waals surface area contributed by atoms with Gasteiger partial charge in [-0.1, -0.05) is 115 Å². The minimum atomic E-state index is 0.818. The lowest BCUT2D eigenvalue weighted by Gasteiger charge is -2.26. The Balaban J connectivity index is 1.26. The Labute approximate surface area is 254 Å². The van der Waals surface area contributed by atoms with Gasteiger partial charge in [-0.05, 0) is 73.8 Å². The Hall–Kier alpha value is -5.93. The lowest BCUT2D eigenvalue weighted by molar-refractivity contribution is 0.668. The van der Waals surface area contributed by atoms with Gasteiger partial charge in [0.1, 0.15) is 11.3 Å². The lowest BCUT2D eigenvalue weighted by Crippen LogP contribution is -2.10. The second-order valence-corrected chi connectivity index (χ2v) is 11.2. The zero-order valence-electron chi connectivity index (χ0n) is 23.8. The number of fused-ring (bicyclic) bond motifs is 8. The molecule has 0 saturated heterocycles. The number of hydrogen-bond acceptors (Lipinski definition) is 3. The highest BCUT2D eigenvalue weighted by Gasteiger charge is 2.20. The molecule has 206 valence electrons. The third-order valence-corrected chi connectivity index (χ3v) is 8.72. The molecule has 0 radical (unpaired) electrons. The number of para-hydroxylation sites is 1. The molecule has 0 aliphatic heterocycles. The largest absolute Gasteiger partial charge is 0.454 e. The predicted molar refractivity (Wildman–Crippen MR) is 184 cm³/mol. The van der Waals surface area contributed by atoms with Gasteiger partial charge in [0.2, 0.25) is 0 Å². The maximum atomic E-state index is 6.50. The Morgan fingerprint density at radius 1 is 0.432 bits per heavy atom. The number of pyridine rings is 1. The van der Waals surface area contributed by atoms with Gasteiger partial charge in [-0.2, -0.15) is 0 Å². The third-order valence-electron chi connectivity index (χ3n) is 8.72. The molecule has 9 rings (SSSR count). The molecule has 0 fully saturated rings. The minimum absolute atomic E-state index is 0.818. The van der Waals surface area contributed by atoms with E-state index in [1.807, 2.05) is 36.7 Å². The van der Waals surface area contributed by atoms with Gasteiger partial charge in [0.05, 0.1) is 6.20 Å². The molecule has 0 unspecified atom stereocenters. The summed E-state index contributed by atoms with van der Waals surface area (Å²) >= 11 is 0. The molecule has 3 nitrogen and oxygen atoms in total. The molecule has 0 spiro atoms. The van der Waals surface area contributed by atoms with Gasteiger partial charge >= 0.3 is 0 Å². The molecule has 0 saturated carbocycles. The van der Waals surface area contributed by atoms with E-state index >= 15 is 0 Å². The van der Waals surface area contributed by atoms with E-state index in [1.165, 1.54) is 43.4 Å². The van der Waals surface area contributed by atoms with Gasteiger partial charge in [0.15, 0.2) is 5.58 Å². The SMILES string of the molecule is c1ccc(-c2ccc(N(c3ccc4c(ccc5c6ccccc6ccc45)c3)c3cncc4c3oc3ccccc34)cc2)cc1. The first-order chi connectivity index (χ1) is 21.8. The van der Waals surface area contributed by atoms with Crippen LogP contribution in [0, 0.1) is 0 Å². The van der Waals surface area contributed by atoms with Crippen LogP contribution in [0.5, 0.6) is 0 Å². The second-order valence-electron chi connectivity index (χ2n) is 11.2. The van der Waals surface area contributed by atoms with Gasteiger partial charge in [0, 0.05) is 28.3 Å². The molecule has 0 bridgehead atoms. The van der Waals surface area contributed by atoms with Crippen molar-refractivity contribution in [1.82, 2.24) is 4.98 Å². The number of aromatic nitrogens is 1. The van der Waals surface area contributed by atoms with E-state index in [-0.39, 0.29) is 0 Å². The number of benzene rings is 7. The second kappa shape index (κ2) is 9.82. The summed E-state index contributed by atoms with van der Waals surface area (Å²) in [5.41, 5.74) is 7.01. The maximum absolute atomic E-state index is 6.50. The highest BCUT2D eigenvalue weighted by Crippen LogP contribution is 2.43. The first-order valence-corrected chi connectivity index (χ1v) is 14.9. The Morgan fingerprint density at radius 3 is 1.91 bits per heavy atom. The number of anilines is 3. The van der Waals surface area contributed by atoms with Crippen molar-refractivity contribution in [2.45, 2.75) is 0 Å². The summed E-state index contributed by atoms with van der Waals surface area (Å²) in [6, 6.07) is 51.7. The summed E-state index contributed by atoms with van der Waals surface area (Å²) in [4.78, 5) is 6.96. The Morgan fingerprint density at radius 2 is 1.07 bits per heavy atom. The standard InChI is InChI=1S/C41H26N2O/c1-2-8-27(9-3-1)28-14-18-31(19-15-28)43(39-26-42-25-38-37-12-6-7-13-40(37)44-41(38)39)32-20-23-34-30(24-32)17-22-35-33-11-5-4-10-29(33)16-21-36(34)35/h1-26H. The number of rotatable bonds is 4. The topological polar surface area (TPSA) is 29.3 Å². The van der Waals surface area contributed by atoms with Crippen molar-refractivity contribution >= 4 is 71.3 Å². The van der Waals surface area contributed by atoms with Crippen molar-refractivity contribution in [2.75, 3.05) is 4.90 Å². The Bertz CT molecular complexity index is 2490. The van der Waals surface area contributed by atoms with Crippen LogP contribution in [-0.2, 0) is 0 Å². The molecule has 3 heteroatoms. The van der Waals surface area contributed by atoms with Crippen LogP contribution in [0.25, 0.3) is 65.4 Å². The average Bonchev–Trinajstić information content (AvgIpc) is 3.48. The van der Waals surface area contributed by atoms with Gasteiger partial charge in [0.25, 0.3) is 0 Å². The van der Waals surface area contributed by atoms with Crippen molar-refractivity contribution in [3.8, 4) is 11.1 Å². The van der Waals surface area contributed by atoms with E-state index in [2.05, 4.69) is 126 Å². The smallest absolute Gasteiger partial charge is 0.162 e. The molecule has 2 heterocycles. The van der Waals surface area contributed by atoms with E-state index in [4.69, 9.17) is 9.40 Å². The van der Waals surface area contributed by atoms with Crippen LogP contribution in [0.4, 0.5) is 17.1 Å². The molecule has 0 N–H and O–H groups in total. The zero-order chi connectivity index (χ0) is 29.0. The number of nitrogens with zero attached hydrogens (tertiary/aromatic N) is 2. The summed E-state index contributed by atoms with van der Waals surface area (Å²) in [5, 5.41) is 9.54. The molecule has 0 atom stereocenters. The van der Waals surface area contributed by atoms with E-state index < -0.39 is 0 Å². The molecule has 0 aliphatic rings. The third kappa shape index (κ3) is 3.87. The van der Waals surface area contributed by atoms with Gasteiger partial charge < -0.3 is 9.32 Å². The fourth-order valence-electron chi connectivity index (χ4n) is 6.60. The van der Waals surface area contributed by atoms with Crippen LogP contribution in [0.1, 0.15) is 0 Å². The van der Waals surface area contributed by atoms with E-state index in [9.17, 15) is 0 Å². The first-order valence-electron chi connectivity index (χ1n) is 14.9. The molecule has 0 amide bonds. The van der Waals surface area contributed by atoms with Gasteiger partial charge in [-0.25, -0.2) is 0 Å². The van der Waals surface area contributed by atoms with Gasteiger partial charge in [-0.15, -0.1) is 0 Å². The summed E-state index contributed by atoms with van der Waals surface area (Å²) < 4.78 is 6.50. The monoisotopic (exact) mass is 562 g/mol. The predicted octanol–water partition coefficient (Wildman–Crippen LogP) is 11.6. The molecular formula is C41H26N2O.